The third kappa shape index (κ3) is 3.36. The van der Waals surface area contributed by atoms with Crippen LogP contribution in [0, 0.1) is 17.1 Å². The van der Waals surface area contributed by atoms with Gasteiger partial charge in [-0.3, -0.25) is 0 Å². The monoisotopic (exact) mass is 306 g/mol. The molecule has 0 bridgehead atoms. The first kappa shape index (κ1) is 14.9. The Morgan fingerprint density at radius 1 is 1.38 bits per heavy atom. The second-order valence-corrected chi connectivity index (χ2v) is 4.71. The highest BCUT2D eigenvalue weighted by molar-refractivity contribution is 6.30. The maximum Gasteiger partial charge on any atom is 0.162 e. The number of nitrogens with one attached hydrogen (secondary N) is 1. The first-order valence-electron chi connectivity index (χ1n) is 6.04. The molecule has 0 unspecified atom stereocenters. The van der Waals surface area contributed by atoms with Gasteiger partial charge in [0.05, 0.1) is 24.4 Å². The van der Waals surface area contributed by atoms with Crippen LogP contribution in [0.4, 0.5) is 10.1 Å². The summed E-state index contributed by atoms with van der Waals surface area (Å²) in [5, 5.41) is 21.9. The molecule has 0 aliphatic rings. The Labute approximate surface area is 126 Å². The average Bonchev–Trinajstić information content (AvgIpc) is 2.48. The summed E-state index contributed by atoms with van der Waals surface area (Å²) in [6.07, 6.45) is 0. The van der Waals surface area contributed by atoms with Gasteiger partial charge in [-0.15, -0.1) is 0 Å². The molecule has 6 heteroatoms. The number of phenols is 1. The number of halogens is 2. The number of nitrogens with zero attached hydrogens (tertiary/aromatic N) is 1. The quantitative estimate of drug-likeness (QED) is 0.904. The number of ether oxygens (including phenoxy) is 1. The molecular weight excluding hydrogens is 295 g/mol. The lowest BCUT2D eigenvalue weighted by Gasteiger charge is -2.12. The predicted octanol–water partition coefficient (Wildman–Crippen LogP) is 3.68. The second kappa shape index (κ2) is 6.33. The van der Waals surface area contributed by atoms with Gasteiger partial charge in [0.1, 0.15) is 5.82 Å². The van der Waals surface area contributed by atoms with Gasteiger partial charge in [0.15, 0.2) is 11.5 Å². The first-order chi connectivity index (χ1) is 10.0. The summed E-state index contributed by atoms with van der Waals surface area (Å²) in [5.74, 6) is -0.342. The van der Waals surface area contributed by atoms with Gasteiger partial charge >= 0.3 is 0 Å². The van der Waals surface area contributed by atoms with Gasteiger partial charge in [0, 0.05) is 23.2 Å². The molecule has 2 rings (SSSR count). The number of methoxy groups -OCH3 is 1. The fraction of sp³-hybridized carbons (Fsp3) is 0.133. The lowest BCUT2D eigenvalue weighted by atomic mass is 10.1. The van der Waals surface area contributed by atoms with Crippen LogP contribution in [0.2, 0.25) is 5.02 Å². The van der Waals surface area contributed by atoms with Gasteiger partial charge in [0.2, 0.25) is 0 Å². The van der Waals surface area contributed by atoms with Crippen molar-refractivity contribution in [1.82, 2.24) is 0 Å². The average molecular weight is 307 g/mol. The number of anilines is 1. The van der Waals surface area contributed by atoms with E-state index < -0.39 is 5.82 Å². The molecule has 0 atom stereocenters. The van der Waals surface area contributed by atoms with E-state index in [4.69, 9.17) is 21.6 Å². The highest BCUT2D eigenvalue weighted by Crippen LogP contribution is 2.33. The Morgan fingerprint density at radius 3 is 2.76 bits per heavy atom. The minimum Gasteiger partial charge on any atom is -0.504 e. The van der Waals surface area contributed by atoms with Crippen LogP contribution in [0.5, 0.6) is 11.5 Å². The van der Waals surface area contributed by atoms with Crippen LogP contribution in [-0.4, -0.2) is 12.2 Å². The van der Waals surface area contributed by atoms with Crippen LogP contribution >= 0.6 is 11.6 Å². The fourth-order valence-corrected chi connectivity index (χ4v) is 2.07. The second-order valence-electron chi connectivity index (χ2n) is 4.28. The van der Waals surface area contributed by atoms with Gasteiger partial charge in [0.25, 0.3) is 0 Å². The van der Waals surface area contributed by atoms with E-state index in [9.17, 15) is 9.50 Å². The van der Waals surface area contributed by atoms with Crippen LogP contribution in [-0.2, 0) is 6.54 Å². The lowest BCUT2D eigenvalue weighted by Crippen LogP contribution is -2.02. The van der Waals surface area contributed by atoms with Crippen LogP contribution in [0.15, 0.2) is 30.3 Å². The molecule has 0 saturated carbocycles. The summed E-state index contributed by atoms with van der Waals surface area (Å²) in [4.78, 5) is 0. The number of benzene rings is 2. The van der Waals surface area contributed by atoms with E-state index in [2.05, 4.69) is 5.32 Å². The van der Waals surface area contributed by atoms with Crippen molar-refractivity contribution in [3.05, 3.63) is 52.3 Å². The van der Waals surface area contributed by atoms with Crippen molar-refractivity contribution in [3.8, 4) is 17.6 Å². The van der Waals surface area contributed by atoms with Crippen molar-refractivity contribution in [3.63, 3.8) is 0 Å². The Kier molecular flexibility index (Phi) is 4.51. The molecule has 0 aliphatic carbocycles. The van der Waals surface area contributed by atoms with Crippen molar-refractivity contribution in [1.29, 1.82) is 5.26 Å². The van der Waals surface area contributed by atoms with E-state index >= 15 is 0 Å². The van der Waals surface area contributed by atoms with E-state index in [0.29, 0.717) is 10.6 Å². The number of phenolic OH excluding ortho intramolecular Hbond substituents is 1. The number of aromatic hydroxyl groups is 1. The molecule has 0 spiro atoms. The zero-order valence-corrected chi connectivity index (χ0v) is 11.9. The largest absolute Gasteiger partial charge is 0.504 e. The van der Waals surface area contributed by atoms with Crippen LogP contribution in [0.1, 0.15) is 11.1 Å². The molecular formula is C15H12ClFN2O2. The van der Waals surface area contributed by atoms with Gasteiger partial charge in [-0.1, -0.05) is 11.6 Å². The Balaban J connectivity index is 2.21. The highest BCUT2D eigenvalue weighted by atomic mass is 35.5. The molecule has 0 saturated heterocycles. The molecule has 0 aliphatic heterocycles. The third-order valence-corrected chi connectivity index (χ3v) is 3.12. The van der Waals surface area contributed by atoms with Crippen molar-refractivity contribution in [2.45, 2.75) is 6.54 Å². The molecule has 0 amide bonds. The van der Waals surface area contributed by atoms with Crippen LogP contribution in [0.25, 0.3) is 0 Å². The summed E-state index contributed by atoms with van der Waals surface area (Å²) in [5.41, 5.74) is 0.945. The van der Waals surface area contributed by atoms with E-state index in [0.717, 1.165) is 6.07 Å². The maximum absolute atomic E-state index is 13.7. The molecule has 0 aromatic heterocycles. The van der Waals surface area contributed by atoms with Gasteiger partial charge in [-0.2, -0.15) is 5.26 Å². The van der Waals surface area contributed by atoms with Crippen molar-refractivity contribution >= 4 is 17.3 Å². The highest BCUT2D eigenvalue weighted by Gasteiger charge is 2.11. The zero-order valence-electron chi connectivity index (χ0n) is 11.2. The van der Waals surface area contributed by atoms with E-state index in [1.165, 1.54) is 25.3 Å². The lowest BCUT2D eigenvalue weighted by molar-refractivity contribution is 0.371. The molecule has 0 fully saturated rings. The van der Waals surface area contributed by atoms with Crippen molar-refractivity contribution in [2.24, 2.45) is 0 Å². The first-order valence-corrected chi connectivity index (χ1v) is 6.42. The number of rotatable bonds is 4. The maximum atomic E-state index is 13.7. The molecule has 2 N–H and O–H groups in total. The van der Waals surface area contributed by atoms with Gasteiger partial charge in [-0.05, 0) is 24.3 Å². The van der Waals surface area contributed by atoms with Crippen molar-refractivity contribution < 1.29 is 14.2 Å². The third-order valence-electron chi connectivity index (χ3n) is 2.91. The zero-order chi connectivity index (χ0) is 15.4. The Morgan fingerprint density at radius 2 is 2.14 bits per heavy atom. The summed E-state index contributed by atoms with van der Waals surface area (Å²) < 4.78 is 18.7. The number of hydrogen-bond donors (Lipinski definition) is 2. The van der Waals surface area contributed by atoms with E-state index in [-0.39, 0.29) is 29.3 Å². The fourth-order valence-electron chi connectivity index (χ4n) is 1.84. The minimum absolute atomic E-state index is 0.0524. The summed E-state index contributed by atoms with van der Waals surface area (Å²) in [6.45, 7) is 0.158. The number of hydrogen-bond acceptors (Lipinski definition) is 4. The molecule has 0 heterocycles. The standard InChI is InChI=1S/C15H12ClFN2O2/c1-21-14-6-11(16)5-10(15(14)20)8-19-13-3-2-9(7-18)4-12(13)17/h2-6,19-20H,8H2,1H3. The summed E-state index contributed by atoms with van der Waals surface area (Å²) in [6, 6.07) is 9.02. The SMILES string of the molecule is COc1cc(Cl)cc(CNc2ccc(C#N)cc2F)c1O. The summed E-state index contributed by atoms with van der Waals surface area (Å²) in [7, 11) is 1.42. The normalized spacial score (nSPS) is 10.0. The topological polar surface area (TPSA) is 65.3 Å². The van der Waals surface area contributed by atoms with Gasteiger partial charge < -0.3 is 15.2 Å². The molecule has 2 aromatic carbocycles. The smallest absolute Gasteiger partial charge is 0.162 e. The van der Waals surface area contributed by atoms with Gasteiger partial charge in [-0.25, -0.2) is 4.39 Å². The molecule has 0 radical (unpaired) electrons. The Hall–Kier alpha value is -2.45. The summed E-state index contributed by atoms with van der Waals surface area (Å²) >= 11 is 5.92. The van der Waals surface area contributed by atoms with Crippen LogP contribution < -0.4 is 10.1 Å². The van der Waals surface area contributed by atoms with Crippen molar-refractivity contribution in [2.75, 3.05) is 12.4 Å². The molecule has 4 nitrogen and oxygen atoms in total. The molecule has 21 heavy (non-hydrogen) atoms. The van der Waals surface area contributed by atoms with E-state index in [1.807, 2.05) is 6.07 Å². The molecule has 2 aromatic rings. The van der Waals surface area contributed by atoms with E-state index in [1.54, 1.807) is 6.07 Å². The number of nitriles is 1. The molecule has 108 valence electrons. The van der Waals surface area contributed by atoms with Crippen LogP contribution in [0.3, 0.4) is 0 Å². The minimum atomic E-state index is -0.539. The Bertz CT molecular complexity index is 714. The predicted molar refractivity (Wildman–Crippen MR) is 78.1 cm³/mol.